The Kier molecular flexibility index (Phi) is 2.58. The minimum atomic E-state index is -2.47. The van der Waals surface area contributed by atoms with Crippen LogP contribution in [0.1, 0.15) is 5.56 Å². The van der Waals surface area contributed by atoms with Gasteiger partial charge in [-0.05, 0) is 12.1 Å². The first-order valence-corrected chi connectivity index (χ1v) is 3.83. The normalized spacial score (nSPS) is 11.6. The molecule has 0 fully saturated rings. The standard InChI is InChI=1S/C6H3Cl3FN/c7-5-4(6(8,9)10)2-1-3-11-5/h1-3H. The fraction of sp³-hybridized carbons (Fsp3) is 0.167. The summed E-state index contributed by atoms with van der Waals surface area (Å²) in [4.78, 5) is 3.60. The van der Waals surface area contributed by atoms with Gasteiger partial charge in [0.1, 0.15) is 5.15 Å². The molecule has 0 aliphatic carbocycles. The molecule has 0 aliphatic rings. The lowest BCUT2D eigenvalue weighted by Gasteiger charge is -2.09. The lowest BCUT2D eigenvalue weighted by Crippen LogP contribution is -2.02. The summed E-state index contributed by atoms with van der Waals surface area (Å²) in [5.74, 6) is 0. The molecule has 0 N–H and O–H groups in total. The number of hydrogen-bond acceptors (Lipinski definition) is 1. The van der Waals surface area contributed by atoms with Crippen molar-refractivity contribution in [3.05, 3.63) is 29.0 Å². The summed E-state index contributed by atoms with van der Waals surface area (Å²) in [6.07, 6.45) is 1.42. The van der Waals surface area contributed by atoms with Crippen LogP contribution in [0.15, 0.2) is 18.3 Å². The summed E-state index contributed by atoms with van der Waals surface area (Å²) in [6.45, 7) is 0. The van der Waals surface area contributed by atoms with Gasteiger partial charge >= 0.3 is 0 Å². The zero-order valence-corrected chi connectivity index (χ0v) is 7.46. The lowest BCUT2D eigenvalue weighted by molar-refractivity contribution is 0.404. The van der Waals surface area contributed by atoms with Crippen LogP contribution in [0.25, 0.3) is 0 Å². The van der Waals surface area contributed by atoms with E-state index < -0.39 is 4.59 Å². The third-order valence-electron chi connectivity index (χ3n) is 1.06. The van der Waals surface area contributed by atoms with Crippen LogP contribution >= 0.6 is 34.8 Å². The van der Waals surface area contributed by atoms with Gasteiger partial charge in [-0.25, -0.2) is 9.37 Å². The van der Waals surface area contributed by atoms with E-state index >= 15 is 0 Å². The molecule has 0 aliphatic heterocycles. The average molecular weight is 214 g/mol. The maximum absolute atomic E-state index is 12.8. The monoisotopic (exact) mass is 213 g/mol. The maximum atomic E-state index is 12.8. The van der Waals surface area contributed by atoms with Gasteiger partial charge in [0.15, 0.2) is 0 Å². The Morgan fingerprint density at radius 3 is 2.45 bits per heavy atom. The first-order chi connectivity index (χ1) is 5.02. The van der Waals surface area contributed by atoms with Crippen LogP contribution in [0.5, 0.6) is 0 Å². The molecule has 1 nitrogen and oxygen atoms in total. The van der Waals surface area contributed by atoms with Gasteiger partial charge in [-0.1, -0.05) is 34.8 Å². The van der Waals surface area contributed by atoms with E-state index in [1.165, 1.54) is 18.3 Å². The Hall–Kier alpha value is -0.0500. The van der Waals surface area contributed by atoms with Crippen LogP contribution in [-0.4, -0.2) is 4.98 Å². The topological polar surface area (TPSA) is 12.9 Å². The molecule has 11 heavy (non-hydrogen) atoms. The first-order valence-electron chi connectivity index (χ1n) is 2.69. The van der Waals surface area contributed by atoms with Crippen LogP contribution in [0.4, 0.5) is 4.39 Å². The predicted octanol–water partition coefficient (Wildman–Crippen LogP) is 3.29. The molecule has 0 bridgehead atoms. The van der Waals surface area contributed by atoms with Crippen LogP contribution in [-0.2, 0) is 4.59 Å². The van der Waals surface area contributed by atoms with Crippen LogP contribution in [0.3, 0.4) is 0 Å². The van der Waals surface area contributed by atoms with Crippen LogP contribution in [0, 0.1) is 0 Å². The zero-order chi connectivity index (χ0) is 8.48. The minimum Gasteiger partial charge on any atom is -0.244 e. The fourth-order valence-corrected chi connectivity index (χ4v) is 1.25. The van der Waals surface area contributed by atoms with E-state index in [-0.39, 0.29) is 10.7 Å². The second kappa shape index (κ2) is 3.13. The molecule has 0 radical (unpaired) electrons. The highest BCUT2D eigenvalue weighted by Gasteiger charge is 2.28. The maximum Gasteiger partial charge on any atom is 0.286 e. The van der Waals surface area contributed by atoms with Crippen molar-refractivity contribution in [3.63, 3.8) is 0 Å². The summed E-state index contributed by atoms with van der Waals surface area (Å²) in [5, 5.41) is -0.0278. The second-order valence-electron chi connectivity index (χ2n) is 1.84. The molecule has 0 amide bonds. The smallest absolute Gasteiger partial charge is 0.244 e. The molecule has 1 heterocycles. The third-order valence-corrected chi connectivity index (χ3v) is 1.77. The Morgan fingerprint density at radius 1 is 1.45 bits per heavy atom. The molecule has 5 heteroatoms. The highest BCUT2D eigenvalue weighted by molar-refractivity contribution is 6.47. The lowest BCUT2D eigenvalue weighted by atomic mass is 10.3. The molecule has 1 rings (SSSR count). The van der Waals surface area contributed by atoms with Gasteiger partial charge in [0, 0.05) is 6.20 Å². The molecule has 0 unspecified atom stereocenters. The van der Waals surface area contributed by atoms with Gasteiger partial charge in [0.05, 0.1) is 5.56 Å². The van der Waals surface area contributed by atoms with Gasteiger partial charge in [-0.2, -0.15) is 0 Å². The van der Waals surface area contributed by atoms with Gasteiger partial charge in [-0.3, -0.25) is 0 Å². The molecular weight excluding hydrogens is 211 g/mol. The van der Waals surface area contributed by atoms with Crippen molar-refractivity contribution in [1.29, 1.82) is 0 Å². The zero-order valence-electron chi connectivity index (χ0n) is 5.19. The highest BCUT2D eigenvalue weighted by atomic mass is 35.5. The largest absolute Gasteiger partial charge is 0.286 e. The highest BCUT2D eigenvalue weighted by Crippen LogP contribution is 2.37. The predicted molar refractivity (Wildman–Crippen MR) is 43.7 cm³/mol. The number of rotatable bonds is 1. The van der Waals surface area contributed by atoms with Crippen LogP contribution in [0.2, 0.25) is 5.15 Å². The van der Waals surface area contributed by atoms with Crippen molar-refractivity contribution in [2.24, 2.45) is 0 Å². The number of pyridine rings is 1. The number of halogens is 4. The Balaban J connectivity index is 3.14. The molecule has 0 aromatic carbocycles. The third kappa shape index (κ3) is 2.19. The molecule has 0 atom stereocenters. The van der Waals surface area contributed by atoms with Crippen molar-refractivity contribution in [2.45, 2.75) is 4.59 Å². The van der Waals surface area contributed by atoms with Gasteiger partial charge in [0.25, 0.3) is 4.59 Å². The molecule has 1 aromatic rings. The minimum absolute atomic E-state index is 0.0278. The molecule has 0 spiro atoms. The van der Waals surface area contributed by atoms with E-state index in [1.807, 2.05) is 0 Å². The van der Waals surface area contributed by atoms with E-state index in [0.717, 1.165) is 0 Å². The average Bonchev–Trinajstić information content (AvgIpc) is 1.86. The van der Waals surface area contributed by atoms with Gasteiger partial charge in [0.2, 0.25) is 0 Å². The summed E-state index contributed by atoms with van der Waals surface area (Å²) in [7, 11) is 0. The van der Waals surface area contributed by atoms with Crippen molar-refractivity contribution >= 4 is 34.8 Å². The van der Waals surface area contributed by atoms with Gasteiger partial charge in [-0.15, -0.1) is 0 Å². The molecule has 1 aromatic heterocycles. The van der Waals surface area contributed by atoms with E-state index in [9.17, 15) is 4.39 Å². The van der Waals surface area contributed by atoms with Crippen molar-refractivity contribution < 1.29 is 4.39 Å². The summed E-state index contributed by atoms with van der Waals surface area (Å²) in [6, 6.07) is 2.87. The van der Waals surface area contributed by atoms with Crippen LogP contribution < -0.4 is 0 Å². The van der Waals surface area contributed by atoms with Gasteiger partial charge < -0.3 is 0 Å². The Labute approximate surface area is 78.1 Å². The van der Waals surface area contributed by atoms with Crippen molar-refractivity contribution in [3.8, 4) is 0 Å². The van der Waals surface area contributed by atoms with E-state index in [4.69, 9.17) is 34.8 Å². The molecule has 0 saturated heterocycles. The first kappa shape index (κ1) is 9.04. The van der Waals surface area contributed by atoms with Crippen molar-refractivity contribution in [2.75, 3.05) is 0 Å². The number of nitrogens with zero attached hydrogens (tertiary/aromatic N) is 1. The summed E-state index contributed by atoms with van der Waals surface area (Å²) >= 11 is 15.8. The number of aromatic nitrogens is 1. The SMILES string of the molecule is FC(Cl)(Cl)c1cccnc1Cl. The number of hydrogen-bond donors (Lipinski definition) is 0. The molecule has 60 valence electrons. The Bertz CT molecular complexity index is 258. The second-order valence-corrected chi connectivity index (χ2v) is 3.43. The van der Waals surface area contributed by atoms with E-state index in [1.54, 1.807) is 0 Å². The van der Waals surface area contributed by atoms with E-state index in [2.05, 4.69) is 4.98 Å². The quantitative estimate of drug-likeness (QED) is 0.516. The summed E-state index contributed by atoms with van der Waals surface area (Å²) in [5.41, 5.74) is -0.0370. The number of alkyl halides is 3. The van der Waals surface area contributed by atoms with E-state index in [0.29, 0.717) is 0 Å². The fourth-order valence-electron chi connectivity index (χ4n) is 0.597. The molecule has 0 saturated carbocycles. The Morgan fingerprint density at radius 2 is 2.09 bits per heavy atom. The van der Waals surface area contributed by atoms with Crippen molar-refractivity contribution in [1.82, 2.24) is 4.98 Å². The summed E-state index contributed by atoms with van der Waals surface area (Å²) < 4.78 is 10.3. The molecular formula is C6H3Cl3FN.